The lowest BCUT2D eigenvalue weighted by Gasteiger charge is -2.22. The van der Waals surface area contributed by atoms with E-state index in [1.807, 2.05) is 24.3 Å². The summed E-state index contributed by atoms with van der Waals surface area (Å²) in [7, 11) is 0. The van der Waals surface area contributed by atoms with Crippen LogP contribution in [-0.2, 0) is 0 Å². The van der Waals surface area contributed by atoms with E-state index in [2.05, 4.69) is 39.8 Å². The van der Waals surface area contributed by atoms with Crippen LogP contribution in [0.25, 0.3) is 0 Å². The quantitative estimate of drug-likeness (QED) is 0.753. The van der Waals surface area contributed by atoms with Gasteiger partial charge in [0.2, 0.25) is 0 Å². The lowest BCUT2D eigenvalue weighted by atomic mass is 9.96. The molecule has 21 heavy (non-hydrogen) atoms. The summed E-state index contributed by atoms with van der Waals surface area (Å²) in [6.45, 7) is 8.30. The topological polar surface area (TPSA) is 20.2 Å². The molecule has 0 amide bonds. The van der Waals surface area contributed by atoms with Gasteiger partial charge in [-0.3, -0.25) is 0 Å². The van der Waals surface area contributed by atoms with Gasteiger partial charge in [-0.2, -0.15) is 0 Å². The molecule has 0 radical (unpaired) electrons. The molecule has 0 saturated heterocycles. The summed E-state index contributed by atoms with van der Waals surface area (Å²) >= 11 is 7.57. The number of aliphatic hydroxyl groups excluding tert-OH is 1. The van der Waals surface area contributed by atoms with Gasteiger partial charge >= 0.3 is 0 Å². The Morgan fingerprint density at radius 2 is 1.52 bits per heavy atom. The van der Waals surface area contributed by atoms with Crippen LogP contribution in [0, 0.1) is 20.8 Å². The van der Waals surface area contributed by atoms with Crippen molar-refractivity contribution in [2.45, 2.75) is 43.9 Å². The second-order valence-electron chi connectivity index (χ2n) is 5.51. The largest absolute Gasteiger partial charge is 0.387 e. The molecule has 0 aliphatic carbocycles. The van der Waals surface area contributed by atoms with Gasteiger partial charge in [0, 0.05) is 15.2 Å². The summed E-state index contributed by atoms with van der Waals surface area (Å²) in [6, 6.07) is 12.0. The van der Waals surface area contributed by atoms with Crippen LogP contribution in [0.4, 0.5) is 0 Å². The molecule has 2 rings (SSSR count). The number of hydrogen-bond donors (Lipinski definition) is 1. The summed E-state index contributed by atoms with van der Waals surface area (Å²) in [6.07, 6.45) is -0.482. The molecule has 0 saturated carbocycles. The zero-order valence-electron chi connectivity index (χ0n) is 12.9. The lowest BCUT2D eigenvalue weighted by molar-refractivity contribution is 0.178. The van der Waals surface area contributed by atoms with Crippen LogP contribution < -0.4 is 0 Å². The molecule has 2 aromatic rings. The van der Waals surface area contributed by atoms with Crippen molar-refractivity contribution in [2.24, 2.45) is 0 Å². The molecule has 112 valence electrons. The number of aryl methyl sites for hydroxylation is 3. The molecule has 0 bridgehead atoms. The van der Waals surface area contributed by atoms with Gasteiger partial charge in [-0.1, -0.05) is 30.7 Å². The number of rotatable bonds is 4. The fourth-order valence-electron chi connectivity index (χ4n) is 2.35. The first kappa shape index (κ1) is 16.4. The second kappa shape index (κ2) is 6.87. The van der Waals surface area contributed by atoms with Crippen molar-refractivity contribution in [1.29, 1.82) is 0 Å². The van der Waals surface area contributed by atoms with Gasteiger partial charge in [-0.05, 0) is 67.3 Å². The average Bonchev–Trinajstić information content (AvgIpc) is 2.44. The Labute approximate surface area is 136 Å². The van der Waals surface area contributed by atoms with Crippen molar-refractivity contribution in [3.05, 3.63) is 63.7 Å². The smallest absolute Gasteiger partial charge is 0.0912 e. The molecule has 1 N–H and O–H groups in total. The van der Waals surface area contributed by atoms with Gasteiger partial charge in [0.05, 0.1) is 6.10 Å². The average molecular weight is 321 g/mol. The fourth-order valence-corrected chi connectivity index (χ4v) is 3.47. The Hall–Kier alpha value is -0.960. The first-order valence-electron chi connectivity index (χ1n) is 7.06. The Morgan fingerprint density at radius 1 is 0.952 bits per heavy atom. The summed E-state index contributed by atoms with van der Waals surface area (Å²) < 4.78 is 0. The normalized spacial score (nSPS) is 14.0. The maximum Gasteiger partial charge on any atom is 0.0912 e. The highest BCUT2D eigenvalue weighted by molar-refractivity contribution is 8.00. The van der Waals surface area contributed by atoms with Crippen LogP contribution in [0.2, 0.25) is 5.02 Å². The molecule has 0 spiro atoms. The molecule has 2 atom stereocenters. The van der Waals surface area contributed by atoms with Crippen molar-refractivity contribution in [3.8, 4) is 0 Å². The third kappa shape index (κ3) is 4.03. The highest BCUT2D eigenvalue weighted by Crippen LogP contribution is 2.34. The van der Waals surface area contributed by atoms with Crippen LogP contribution in [0.15, 0.2) is 41.3 Å². The predicted molar refractivity (Wildman–Crippen MR) is 92.4 cm³/mol. The van der Waals surface area contributed by atoms with E-state index >= 15 is 0 Å². The number of hydrogen-bond acceptors (Lipinski definition) is 2. The molecule has 0 unspecified atom stereocenters. The zero-order valence-corrected chi connectivity index (χ0v) is 14.4. The molecule has 2 aromatic carbocycles. The van der Waals surface area contributed by atoms with Crippen molar-refractivity contribution in [1.82, 2.24) is 0 Å². The second-order valence-corrected chi connectivity index (χ2v) is 7.40. The van der Waals surface area contributed by atoms with E-state index in [4.69, 9.17) is 11.6 Å². The first-order chi connectivity index (χ1) is 9.88. The summed E-state index contributed by atoms with van der Waals surface area (Å²) in [4.78, 5) is 1.12. The Morgan fingerprint density at radius 3 is 2.14 bits per heavy atom. The summed E-state index contributed by atoms with van der Waals surface area (Å²) in [5, 5.41) is 11.5. The van der Waals surface area contributed by atoms with E-state index < -0.39 is 6.10 Å². The van der Waals surface area contributed by atoms with Crippen molar-refractivity contribution in [2.75, 3.05) is 0 Å². The molecule has 3 heteroatoms. The third-order valence-corrected chi connectivity index (χ3v) is 5.21. The van der Waals surface area contributed by atoms with Gasteiger partial charge in [0.15, 0.2) is 0 Å². The lowest BCUT2D eigenvalue weighted by Crippen LogP contribution is -2.13. The Balaban J connectivity index is 2.17. The van der Waals surface area contributed by atoms with E-state index in [0.717, 1.165) is 21.0 Å². The van der Waals surface area contributed by atoms with Crippen LogP contribution in [0.5, 0.6) is 0 Å². The van der Waals surface area contributed by atoms with Gasteiger partial charge in [0.1, 0.15) is 0 Å². The minimum atomic E-state index is -0.482. The number of halogens is 1. The van der Waals surface area contributed by atoms with Crippen molar-refractivity contribution >= 4 is 23.4 Å². The zero-order chi connectivity index (χ0) is 15.6. The SMILES string of the molecule is Cc1cc(C)c([C@H](O)[C@H](C)Sc2ccc(Cl)cc2)cc1C. The standard InChI is InChI=1S/C18H21ClOS/c1-11-9-13(3)17(10-12(11)2)18(20)14(4)21-16-7-5-15(19)6-8-16/h5-10,14,18,20H,1-4H3/t14-,18+/m0/s1. The highest BCUT2D eigenvalue weighted by Gasteiger charge is 2.20. The number of thioether (sulfide) groups is 1. The molecule has 0 heterocycles. The minimum absolute atomic E-state index is 0.0759. The van der Waals surface area contributed by atoms with E-state index in [9.17, 15) is 5.11 Å². The van der Waals surface area contributed by atoms with Gasteiger partial charge < -0.3 is 5.11 Å². The molecular formula is C18H21ClOS. The van der Waals surface area contributed by atoms with Crippen LogP contribution in [0.3, 0.4) is 0 Å². The van der Waals surface area contributed by atoms with Gasteiger partial charge in [0.25, 0.3) is 0 Å². The number of benzene rings is 2. The Kier molecular flexibility index (Phi) is 5.37. The molecule has 0 aliphatic rings. The first-order valence-corrected chi connectivity index (χ1v) is 8.32. The predicted octanol–water partition coefficient (Wildman–Crippen LogP) is 5.48. The molecule has 0 aliphatic heterocycles. The monoisotopic (exact) mass is 320 g/mol. The van der Waals surface area contributed by atoms with Crippen LogP contribution in [-0.4, -0.2) is 10.4 Å². The molecule has 0 aromatic heterocycles. The maximum atomic E-state index is 10.7. The van der Waals surface area contributed by atoms with E-state index in [1.54, 1.807) is 11.8 Å². The molecule has 1 nitrogen and oxygen atoms in total. The van der Waals surface area contributed by atoms with Gasteiger partial charge in [-0.25, -0.2) is 0 Å². The van der Waals surface area contributed by atoms with Crippen LogP contribution >= 0.6 is 23.4 Å². The van der Waals surface area contributed by atoms with Crippen molar-refractivity contribution < 1.29 is 5.11 Å². The third-order valence-electron chi connectivity index (χ3n) is 3.78. The molecule has 0 fully saturated rings. The fraction of sp³-hybridized carbons (Fsp3) is 0.333. The highest BCUT2D eigenvalue weighted by atomic mass is 35.5. The Bertz CT molecular complexity index is 622. The maximum absolute atomic E-state index is 10.7. The van der Waals surface area contributed by atoms with E-state index in [-0.39, 0.29) is 5.25 Å². The summed E-state index contributed by atoms with van der Waals surface area (Å²) in [5.74, 6) is 0. The van der Waals surface area contributed by atoms with Crippen molar-refractivity contribution in [3.63, 3.8) is 0 Å². The number of aliphatic hydroxyl groups is 1. The summed E-state index contributed by atoms with van der Waals surface area (Å²) in [5.41, 5.74) is 4.65. The minimum Gasteiger partial charge on any atom is -0.387 e. The molecular weight excluding hydrogens is 300 g/mol. The van der Waals surface area contributed by atoms with E-state index in [1.165, 1.54) is 11.1 Å². The van der Waals surface area contributed by atoms with E-state index in [0.29, 0.717) is 0 Å². The van der Waals surface area contributed by atoms with Crippen LogP contribution in [0.1, 0.15) is 35.3 Å². The van der Waals surface area contributed by atoms with Gasteiger partial charge in [-0.15, -0.1) is 11.8 Å².